The van der Waals surface area contributed by atoms with Crippen molar-refractivity contribution in [1.29, 1.82) is 0 Å². The van der Waals surface area contributed by atoms with Crippen LogP contribution < -0.4 is 0 Å². The number of hydrogen-bond acceptors (Lipinski definition) is 3. The van der Waals surface area contributed by atoms with Crippen LogP contribution in [-0.4, -0.2) is 41.7 Å². The highest BCUT2D eigenvalue weighted by molar-refractivity contribution is 7.19. The van der Waals surface area contributed by atoms with Crippen molar-refractivity contribution in [2.45, 2.75) is 20.4 Å². The van der Waals surface area contributed by atoms with E-state index >= 15 is 0 Å². The molecule has 130 valence electrons. The number of morpholine rings is 1. The summed E-state index contributed by atoms with van der Waals surface area (Å²) < 4.78 is 8.75. The second-order valence-electron chi connectivity index (χ2n) is 6.55. The zero-order valence-electron chi connectivity index (χ0n) is 14.6. The van der Waals surface area contributed by atoms with E-state index < -0.39 is 0 Å². The molecule has 1 aromatic carbocycles. The standard InChI is InChI=1S/C20H22N2O2S/c1-14-5-3-4-6-16(14)13-22-17-11-15(2)25-19(17)12-18(22)20(23)21-7-9-24-10-8-21/h3-6,11-12H,7-10,13H2,1-2H3. The molecule has 1 fully saturated rings. The van der Waals surface area contributed by atoms with Crippen LogP contribution in [0.3, 0.4) is 0 Å². The van der Waals surface area contributed by atoms with Crippen molar-refractivity contribution in [2.24, 2.45) is 0 Å². The van der Waals surface area contributed by atoms with E-state index in [1.807, 2.05) is 4.90 Å². The van der Waals surface area contributed by atoms with Crippen molar-refractivity contribution in [3.8, 4) is 0 Å². The third-order valence-electron chi connectivity index (χ3n) is 4.82. The van der Waals surface area contributed by atoms with Crippen molar-refractivity contribution in [3.63, 3.8) is 0 Å². The number of rotatable bonds is 3. The third kappa shape index (κ3) is 3.10. The fourth-order valence-corrected chi connectivity index (χ4v) is 4.36. The van der Waals surface area contributed by atoms with E-state index in [9.17, 15) is 4.79 Å². The Bertz CT molecular complexity index is 919. The summed E-state index contributed by atoms with van der Waals surface area (Å²) in [5.41, 5.74) is 4.44. The highest BCUT2D eigenvalue weighted by Crippen LogP contribution is 2.30. The van der Waals surface area contributed by atoms with Gasteiger partial charge in [0.25, 0.3) is 5.91 Å². The van der Waals surface area contributed by atoms with Crippen LogP contribution in [0.1, 0.15) is 26.5 Å². The fourth-order valence-electron chi connectivity index (χ4n) is 3.40. The topological polar surface area (TPSA) is 34.5 Å². The normalized spacial score (nSPS) is 15.0. The van der Waals surface area contributed by atoms with E-state index in [2.05, 4.69) is 54.8 Å². The molecule has 25 heavy (non-hydrogen) atoms. The first-order valence-electron chi connectivity index (χ1n) is 8.64. The van der Waals surface area contributed by atoms with Crippen LogP contribution in [0.5, 0.6) is 0 Å². The summed E-state index contributed by atoms with van der Waals surface area (Å²) in [4.78, 5) is 16.3. The Hall–Kier alpha value is -2.11. The molecular weight excluding hydrogens is 332 g/mol. The molecule has 3 aromatic rings. The number of aryl methyl sites for hydroxylation is 2. The molecule has 1 aliphatic rings. The smallest absolute Gasteiger partial charge is 0.270 e. The maximum absolute atomic E-state index is 13.1. The summed E-state index contributed by atoms with van der Waals surface area (Å²) in [6.07, 6.45) is 0. The summed E-state index contributed by atoms with van der Waals surface area (Å²) >= 11 is 1.75. The number of aromatic nitrogens is 1. The molecule has 0 radical (unpaired) electrons. The summed E-state index contributed by atoms with van der Waals surface area (Å²) in [5, 5.41) is 0. The van der Waals surface area contributed by atoms with E-state index in [1.165, 1.54) is 20.7 Å². The first-order valence-corrected chi connectivity index (χ1v) is 9.46. The molecule has 1 aliphatic heterocycles. The number of carbonyl (C=O) groups is 1. The van der Waals surface area contributed by atoms with Crippen LogP contribution in [0.2, 0.25) is 0 Å². The Kier molecular flexibility index (Phi) is 4.36. The van der Waals surface area contributed by atoms with E-state index in [4.69, 9.17) is 4.74 Å². The Labute approximate surface area is 151 Å². The van der Waals surface area contributed by atoms with Gasteiger partial charge in [0.2, 0.25) is 0 Å². The van der Waals surface area contributed by atoms with Gasteiger partial charge in [0.15, 0.2) is 0 Å². The number of benzene rings is 1. The Morgan fingerprint density at radius 1 is 1.16 bits per heavy atom. The molecule has 0 atom stereocenters. The average Bonchev–Trinajstić information content (AvgIpc) is 3.14. The lowest BCUT2D eigenvalue weighted by Gasteiger charge is -2.27. The molecule has 0 bridgehead atoms. The minimum absolute atomic E-state index is 0.109. The lowest BCUT2D eigenvalue weighted by atomic mass is 10.1. The van der Waals surface area contributed by atoms with Crippen LogP contribution in [0.25, 0.3) is 10.2 Å². The predicted octanol–water partition coefficient (Wildman–Crippen LogP) is 3.84. The van der Waals surface area contributed by atoms with E-state index in [0.717, 1.165) is 17.8 Å². The SMILES string of the molecule is Cc1cc2c(cc(C(=O)N3CCOCC3)n2Cc2ccccc2C)s1. The molecule has 1 saturated heterocycles. The number of thiophene rings is 1. The fraction of sp³-hybridized carbons (Fsp3) is 0.350. The van der Waals surface area contributed by atoms with Crippen LogP contribution in [0.15, 0.2) is 36.4 Å². The van der Waals surface area contributed by atoms with Crippen molar-refractivity contribution < 1.29 is 9.53 Å². The summed E-state index contributed by atoms with van der Waals surface area (Å²) in [6, 6.07) is 12.6. The number of ether oxygens (including phenoxy) is 1. The lowest BCUT2D eigenvalue weighted by molar-refractivity contribution is 0.0296. The second kappa shape index (κ2) is 6.65. The quantitative estimate of drug-likeness (QED) is 0.716. The molecule has 3 heterocycles. The first kappa shape index (κ1) is 16.4. The minimum Gasteiger partial charge on any atom is -0.378 e. The molecule has 2 aromatic heterocycles. The molecule has 0 spiro atoms. The van der Waals surface area contributed by atoms with Gasteiger partial charge in [0.1, 0.15) is 5.69 Å². The zero-order chi connectivity index (χ0) is 17.4. The van der Waals surface area contributed by atoms with Crippen molar-refractivity contribution in [3.05, 3.63) is 58.1 Å². The summed E-state index contributed by atoms with van der Waals surface area (Å²) in [7, 11) is 0. The maximum Gasteiger partial charge on any atom is 0.270 e. The molecule has 1 amide bonds. The number of fused-ring (bicyclic) bond motifs is 1. The molecule has 0 saturated carbocycles. The summed E-state index contributed by atoms with van der Waals surface area (Å²) in [6.45, 7) is 7.54. The maximum atomic E-state index is 13.1. The van der Waals surface area contributed by atoms with Crippen LogP contribution in [0, 0.1) is 13.8 Å². The van der Waals surface area contributed by atoms with Crippen molar-refractivity contribution in [1.82, 2.24) is 9.47 Å². The highest BCUT2D eigenvalue weighted by atomic mass is 32.1. The van der Waals surface area contributed by atoms with Gasteiger partial charge < -0.3 is 14.2 Å². The van der Waals surface area contributed by atoms with Crippen molar-refractivity contribution in [2.75, 3.05) is 26.3 Å². The average molecular weight is 354 g/mol. The van der Waals surface area contributed by atoms with Crippen LogP contribution in [0.4, 0.5) is 0 Å². The number of hydrogen-bond donors (Lipinski definition) is 0. The van der Waals surface area contributed by atoms with Gasteiger partial charge >= 0.3 is 0 Å². The molecule has 0 N–H and O–H groups in total. The van der Waals surface area contributed by atoms with E-state index in [-0.39, 0.29) is 5.91 Å². The van der Waals surface area contributed by atoms with Gasteiger partial charge in [-0.05, 0) is 37.1 Å². The van der Waals surface area contributed by atoms with Gasteiger partial charge in [-0.25, -0.2) is 0 Å². The molecule has 4 rings (SSSR count). The van der Waals surface area contributed by atoms with Gasteiger partial charge in [0.05, 0.1) is 23.4 Å². The molecule has 4 nitrogen and oxygen atoms in total. The zero-order valence-corrected chi connectivity index (χ0v) is 15.4. The second-order valence-corrected chi connectivity index (χ2v) is 7.84. The first-order chi connectivity index (χ1) is 12.1. The van der Waals surface area contributed by atoms with Crippen LogP contribution >= 0.6 is 11.3 Å². The predicted molar refractivity (Wildman–Crippen MR) is 102 cm³/mol. The van der Waals surface area contributed by atoms with Crippen LogP contribution in [-0.2, 0) is 11.3 Å². The Balaban J connectivity index is 1.77. The highest BCUT2D eigenvalue weighted by Gasteiger charge is 2.24. The van der Waals surface area contributed by atoms with Crippen molar-refractivity contribution >= 4 is 27.5 Å². The van der Waals surface area contributed by atoms with Gasteiger partial charge in [-0.3, -0.25) is 4.79 Å². The number of nitrogens with zero attached hydrogens (tertiary/aromatic N) is 2. The number of amides is 1. The Morgan fingerprint density at radius 3 is 2.68 bits per heavy atom. The molecule has 0 aliphatic carbocycles. The third-order valence-corrected chi connectivity index (χ3v) is 5.81. The summed E-state index contributed by atoms with van der Waals surface area (Å²) in [5.74, 6) is 0.109. The molecule has 0 unspecified atom stereocenters. The lowest BCUT2D eigenvalue weighted by Crippen LogP contribution is -2.41. The van der Waals surface area contributed by atoms with Gasteiger partial charge in [-0.15, -0.1) is 11.3 Å². The molecule has 5 heteroatoms. The van der Waals surface area contributed by atoms with Gasteiger partial charge in [-0.2, -0.15) is 0 Å². The van der Waals surface area contributed by atoms with E-state index in [1.54, 1.807) is 11.3 Å². The minimum atomic E-state index is 0.109. The van der Waals surface area contributed by atoms with Gasteiger partial charge in [-0.1, -0.05) is 24.3 Å². The Morgan fingerprint density at radius 2 is 1.92 bits per heavy atom. The number of carbonyl (C=O) groups excluding carboxylic acids is 1. The van der Waals surface area contributed by atoms with E-state index in [0.29, 0.717) is 26.3 Å². The molecular formula is C20H22N2O2S. The van der Waals surface area contributed by atoms with Gasteiger partial charge in [0, 0.05) is 24.5 Å². The largest absolute Gasteiger partial charge is 0.378 e. The monoisotopic (exact) mass is 354 g/mol.